The summed E-state index contributed by atoms with van der Waals surface area (Å²) in [5.74, 6) is 0.625. The van der Waals surface area contributed by atoms with E-state index in [1.165, 1.54) is 11.3 Å². The molecule has 3 aromatic carbocycles. The number of hydrogen-bond donors (Lipinski definition) is 1. The molecular formula is C23H18O4S. The van der Waals surface area contributed by atoms with Gasteiger partial charge in [0.15, 0.2) is 10.6 Å². The second kappa shape index (κ2) is 7.37. The number of carboxylic acids is 1. The van der Waals surface area contributed by atoms with Crippen molar-refractivity contribution in [3.63, 3.8) is 0 Å². The van der Waals surface area contributed by atoms with Gasteiger partial charge in [-0.3, -0.25) is 0 Å². The van der Waals surface area contributed by atoms with Gasteiger partial charge in [0.05, 0.1) is 7.11 Å². The van der Waals surface area contributed by atoms with Gasteiger partial charge in [0.1, 0.15) is 11.5 Å². The molecule has 5 heteroatoms. The molecule has 28 heavy (non-hydrogen) atoms. The number of thiophene rings is 1. The van der Waals surface area contributed by atoms with Crippen LogP contribution in [0.5, 0.6) is 17.2 Å². The third kappa shape index (κ3) is 3.32. The number of benzene rings is 3. The van der Waals surface area contributed by atoms with E-state index in [1.54, 1.807) is 7.11 Å². The van der Waals surface area contributed by atoms with E-state index in [-0.39, 0.29) is 4.88 Å². The first-order chi connectivity index (χ1) is 13.6. The summed E-state index contributed by atoms with van der Waals surface area (Å²) in [6.45, 7) is 1.93. The van der Waals surface area contributed by atoms with Crippen molar-refractivity contribution in [3.8, 4) is 28.4 Å². The second-order valence-electron chi connectivity index (χ2n) is 6.38. The SMILES string of the molecule is COc1cc2c(Oc3ccc(-c4ccccc4)cc3)c(C(=O)O)sc2cc1C. The van der Waals surface area contributed by atoms with Crippen molar-refractivity contribution >= 4 is 27.4 Å². The zero-order valence-corrected chi connectivity index (χ0v) is 16.2. The zero-order chi connectivity index (χ0) is 19.7. The number of rotatable bonds is 5. The van der Waals surface area contributed by atoms with Crippen LogP contribution in [0.15, 0.2) is 66.7 Å². The van der Waals surface area contributed by atoms with Crippen molar-refractivity contribution < 1.29 is 19.4 Å². The molecule has 1 heterocycles. The highest BCUT2D eigenvalue weighted by Crippen LogP contribution is 2.43. The topological polar surface area (TPSA) is 55.8 Å². The van der Waals surface area contributed by atoms with E-state index in [0.717, 1.165) is 26.8 Å². The van der Waals surface area contributed by atoms with E-state index in [2.05, 4.69) is 0 Å². The van der Waals surface area contributed by atoms with Crippen LogP contribution in [-0.2, 0) is 0 Å². The zero-order valence-electron chi connectivity index (χ0n) is 15.4. The Morgan fingerprint density at radius 3 is 2.29 bits per heavy atom. The molecule has 0 saturated heterocycles. The molecule has 0 aliphatic carbocycles. The summed E-state index contributed by atoms with van der Waals surface area (Å²) < 4.78 is 12.3. The van der Waals surface area contributed by atoms with Crippen molar-refractivity contribution in [2.45, 2.75) is 6.92 Å². The lowest BCUT2D eigenvalue weighted by Crippen LogP contribution is -1.96. The third-order valence-corrected chi connectivity index (χ3v) is 5.66. The first kappa shape index (κ1) is 18.1. The molecule has 0 bridgehead atoms. The molecule has 0 aliphatic heterocycles. The van der Waals surface area contributed by atoms with Gasteiger partial charge in [-0.2, -0.15) is 0 Å². The van der Waals surface area contributed by atoms with Crippen LogP contribution in [0, 0.1) is 6.92 Å². The molecule has 0 atom stereocenters. The van der Waals surface area contributed by atoms with Gasteiger partial charge in [0.25, 0.3) is 0 Å². The number of aryl methyl sites for hydroxylation is 1. The molecule has 4 rings (SSSR count). The van der Waals surface area contributed by atoms with Crippen molar-refractivity contribution in [2.75, 3.05) is 7.11 Å². The first-order valence-electron chi connectivity index (χ1n) is 8.74. The van der Waals surface area contributed by atoms with Crippen LogP contribution in [0.1, 0.15) is 15.2 Å². The largest absolute Gasteiger partial charge is 0.496 e. The van der Waals surface area contributed by atoms with Gasteiger partial charge in [0, 0.05) is 10.1 Å². The van der Waals surface area contributed by atoms with Gasteiger partial charge >= 0.3 is 5.97 Å². The van der Waals surface area contributed by atoms with Gasteiger partial charge in [-0.05, 0) is 47.9 Å². The predicted octanol–water partition coefficient (Wildman–Crippen LogP) is 6.38. The van der Waals surface area contributed by atoms with Crippen molar-refractivity contribution in [1.82, 2.24) is 0 Å². The van der Waals surface area contributed by atoms with E-state index in [9.17, 15) is 9.90 Å². The van der Waals surface area contributed by atoms with Crippen molar-refractivity contribution in [2.24, 2.45) is 0 Å². The van der Waals surface area contributed by atoms with Gasteiger partial charge in [-0.1, -0.05) is 42.5 Å². The Balaban J connectivity index is 1.74. The van der Waals surface area contributed by atoms with Crippen molar-refractivity contribution in [3.05, 3.63) is 77.2 Å². The predicted molar refractivity (Wildman–Crippen MR) is 112 cm³/mol. The summed E-state index contributed by atoms with van der Waals surface area (Å²) in [6, 6.07) is 21.4. The number of carbonyl (C=O) groups is 1. The van der Waals surface area contributed by atoms with Gasteiger partial charge in [-0.25, -0.2) is 4.79 Å². The molecule has 1 aromatic heterocycles. The van der Waals surface area contributed by atoms with Crippen LogP contribution in [0.3, 0.4) is 0 Å². The summed E-state index contributed by atoms with van der Waals surface area (Å²) in [6.07, 6.45) is 0. The van der Waals surface area contributed by atoms with Crippen LogP contribution >= 0.6 is 11.3 Å². The Bertz CT molecular complexity index is 1140. The standard InChI is InChI=1S/C23H18O4S/c1-14-12-20-18(13-19(14)26-2)21(22(28-20)23(24)25)27-17-10-8-16(9-11-17)15-6-4-3-5-7-15/h3-13H,1-2H3,(H,24,25). The minimum Gasteiger partial charge on any atom is -0.496 e. The minimum atomic E-state index is -1.01. The molecular weight excluding hydrogens is 372 g/mol. The van der Waals surface area contributed by atoms with Crippen LogP contribution in [0.2, 0.25) is 0 Å². The van der Waals surface area contributed by atoms with E-state index in [0.29, 0.717) is 17.2 Å². The average Bonchev–Trinajstić information content (AvgIpc) is 3.06. The molecule has 0 radical (unpaired) electrons. The summed E-state index contributed by atoms with van der Waals surface area (Å²) in [7, 11) is 1.60. The smallest absolute Gasteiger partial charge is 0.349 e. The number of ether oxygens (including phenoxy) is 2. The van der Waals surface area contributed by atoms with Crippen LogP contribution < -0.4 is 9.47 Å². The van der Waals surface area contributed by atoms with E-state index < -0.39 is 5.97 Å². The monoisotopic (exact) mass is 390 g/mol. The normalized spacial score (nSPS) is 10.8. The lowest BCUT2D eigenvalue weighted by molar-refractivity contribution is 0.0700. The summed E-state index contributed by atoms with van der Waals surface area (Å²) in [4.78, 5) is 11.9. The fourth-order valence-electron chi connectivity index (χ4n) is 3.13. The number of aromatic carboxylic acids is 1. The Labute approximate surface area is 166 Å². The average molecular weight is 390 g/mol. The highest BCUT2D eigenvalue weighted by molar-refractivity contribution is 7.21. The molecule has 4 aromatic rings. The Hall–Kier alpha value is -3.31. The molecule has 140 valence electrons. The highest BCUT2D eigenvalue weighted by Gasteiger charge is 2.21. The van der Waals surface area contributed by atoms with Crippen LogP contribution in [-0.4, -0.2) is 18.2 Å². The molecule has 0 fully saturated rings. The van der Waals surface area contributed by atoms with Crippen LogP contribution in [0.4, 0.5) is 0 Å². The summed E-state index contributed by atoms with van der Waals surface area (Å²) in [5, 5.41) is 10.4. The highest BCUT2D eigenvalue weighted by atomic mass is 32.1. The van der Waals surface area contributed by atoms with Gasteiger partial charge in [-0.15, -0.1) is 11.3 Å². The lowest BCUT2D eigenvalue weighted by Gasteiger charge is -2.09. The fraction of sp³-hybridized carbons (Fsp3) is 0.0870. The molecule has 0 aliphatic rings. The number of carboxylic acid groups (broad SMARTS) is 1. The molecule has 4 nitrogen and oxygen atoms in total. The fourth-order valence-corrected chi connectivity index (χ4v) is 4.18. The lowest BCUT2D eigenvalue weighted by atomic mass is 10.1. The first-order valence-corrected chi connectivity index (χ1v) is 9.56. The molecule has 0 spiro atoms. The van der Waals surface area contributed by atoms with E-state index in [1.807, 2.05) is 73.7 Å². The van der Waals surface area contributed by atoms with Crippen molar-refractivity contribution in [1.29, 1.82) is 0 Å². The molecule has 0 unspecified atom stereocenters. The second-order valence-corrected chi connectivity index (χ2v) is 7.43. The summed E-state index contributed by atoms with van der Waals surface area (Å²) >= 11 is 1.20. The van der Waals surface area contributed by atoms with Gasteiger partial charge in [0.2, 0.25) is 0 Å². The Morgan fingerprint density at radius 1 is 0.964 bits per heavy atom. The Kier molecular flexibility index (Phi) is 4.75. The third-order valence-electron chi connectivity index (χ3n) is 4.54. The number of fused-ring (bicyclic) bond motifs is 1. The minimum absolute atomic E-state index is 0.176. The summed E-state index contributed by atoms with van der Waals surface area (Å²) in [5.41, 5.74) is 3.13. The maximum absolute atomic E-state index is 11.8. The van der Waals surface area contributed by atoms with Gasteiger partial charge < -0.3 is 14.6 Å². The Morgan fingerprint density at radius 2 is 1.64 bits per heavy atom. The van der Waals surface area contributed by atoms with E-state index >= 15 is 0 Å². The molecule has 1 N–H and O–H groups in total. The quantitative estimate of drug-likeness (QED) is 0.430. The van der Waals surface area contributed by atoms with Crippen LogP contribution in [0.25, 0.3) is 21.2 Å². The number of methoxy groups -OCH3 is 1. The maximum Gasteiger partial charge on any atom is 0.349 e. The molecule has 0 amide bonds. The maximum atomic E-state index is 11.8. The molecule has 0 saturated carbocycles. The number of hydrogen-bond acceptors (Lipinski definition) is 4. The van der Waals surface area contributed by atoms with E-state index in [4.69, 9.17) is 9.47 Å².